The molecule has 3 N–H and O–H groups in total. The van der Waals surface area contributed by atoms with Gasteiger partial charge in [-0.2, -0.15) is 0 Å². The molecule has 4 saturated carbocycles. The fraction of sp³-hybridized carbons (Fsp3) is 1.00. The lowest BCUT2D eigenvalue weighted by Gasteiger charge is -2.49. The Morgan fingerprint density at radius 1 is 0.938 bits per heavy atom. The van der Waals surface area contributed by atoms with Crippen LogP contribution in [0.5, 0.6) is 0 Å². The Labute approximate surface area is 99.6 Å². The number of nitrogens with two attached hydrogens (primary N) is 1. The molecule has 4 aliphatic rings. The van der Waals surface area contributed by atoms with E-state index in [4.69, 9.17) is 10.8 Å². The van der Waals surface area contributed by atoms with Crippen molar-refractivity contribution in [1.29, 1.82) is 0 Å². The van der Waals surface area contributed by atoms with Crippen LogP contribution in [0, 0.1) is 23.7 Å². The van der Waals surface area contributed by atoms with Crippen LogP contribution < -0.4 is 5.73 Å². The molecule has 0 aromatic carbocycles. The van der Waals surface area contributed by atoms with Crippen LogP contribution in [0.25, 0.3) is 0 Å². The van der Waals surface area contributed by atoms with Gasteiger partial charge in [0, 0.05) is 0 Å². The summed E-state index contributed by atoms with van der Waals surface area (Å²) in [5.74, 6) is 4.71. The van der Waals surface area contributed by atoms with Crippen LogP contribution in [-0.4, -0.2) is 17.8 Å². The second-order valence-electron chi connectivity index (χ2n) is 6.30. The molecule has 0 radical (unpaired) electrons. The van der Waals surface area contributed by atoms with Gasteiger partial charge < -0.3 is 10.8 Å². The summed E-state index contributed by atoms with van der Waals surface area (Å²) in [5.41, 5.74) is 5.07. The Morgan fingerprint density at radius 2 is 1.25 bits per heavy atom. The highest BCUT2D eigenvalue weighted by Crippen LogP contribution is 2.53. The Bertz CT molecular complexity index is 158. The van der Waals surface area contributed by atoms with Crippen molar-refractivity contribution in [3.8, 4) is 0 Å². The minimum atomic E-state index is -0.227. The molecule has 4 fully saturated rings. The number of hydrogen-bond acceptors (Lipinski definition) is 2. The molecule has 0 aromatic heterocycles. The van der Waals surface area contributed by atoms with Gasteiger partial charge in [0.15, 0.2) is 0 Å². The predicted molar refractivity (Wildman–Crippen MR) is 67.0 cm³/mol. The minimum absolute atomic E-state index is 0.227. The summed E-state index contributed by atoms with van der Waals surface area (Å²) in [4.78, 5) is 0. The molecule has 4 bridgehead atoms. The molecule has 2 heteroatoms. The summed E-state index contributed by atoms with van der Waals surface area (Å²) in [6.07, 6.45) is 10.1. The Morgan fingerprint density at radius 3 is 1.38 bits per heavy atom. The minimum Gasteiger partial charge on any atom is -0.393 e. The summed E-state index contributed by atoms with van der Waals surface area (Å²) < 4.78 is 0. The van der Waals surface area contributed by atoms with Gasteiger partial charge in [-0.1, -0.05) is 0 Å². The molecule has 4 aliphatic carbocycles. The van der Waals surface area contributed by atoms with Crippen molar-refractivity contribution in [2.75, 3.05) is 6.54 Å². The molecule has 0 heterocycles. The summed E-state index contributed by atoms with van der Waals surface area (Å²) in [6, 6.07) is 0. The molecule has 0 aromatic rings. The van der Waals surface area contributed by atoms with Gasteiger partial charge in [0.2, 0.25) is 0 Å². The number of aliphatic hydroxyl groups is 1. The number of rotatable bonds is 2. The third-order valence-corrected chi connectivity index (χ3v) is 4.58. The van der Waals surface area contributed by atoms with Gasteiger partial charge in [-0.05, 0) is 82.1 Å². The van der Waals surface area contributed by atoms with Gasteiger partial charge >= 0.3 is 0 Å². The standard InChI is InChI=1S/C10H16.C4H11NO/c1-7-2-9-4-8(1)5-10(3-7)6-9;1-4(6)2-3-5/h7-10H,1-6H2;4,6H,2-3,5H2,1H3. The Balaban J connectivity index is 0.000000142. The highest BCUT2D eigenvalue weighted by atomic mass is 16.3. The zero-order valence-electron chi connectivity index (χ0n) is 10.6. The second-order valence-corrected chi connectivity index (χ2v) is 6.30. The van der Waals surface area contributed by atoms with Crippen molar-refractivity contribution in [1.82, 2.24) is 0 Å². The molecule has 0 aliphatic heterocycles. The zero-order valence-corrected chi connectivity index (χ0v) is 10.6. The van der Waals surface area contributed by atoms with Gasteiger partial charge in [-0.15, -0.1) is 0 Å². The molecule has 0 amide bonds. The molecule has 0 saturated heterocycles. The molecule has 16 heavy (non-hydrogen) atoms. The van der Waals surface area contributed by atoms with Crippen molar-refractivity contribution < 1.29 is 5.11 Å². The molecular formula is C14H27NO. The van der Waals surface area contributed by atoms with Gasteiger partial charge in [0.05, 0.1) is 6.10 Å². The van der Waals surface area contributed by atoms with E-state index in [2.05, 4.69) is 0 Å². The topological polar surface area (TPSA) is 46.2 Å². The Hall–Kier alpha value is -0.0800. The average molecular weight is 225 g/mol. The molecule has 94 valence electrons. The first-order chi connectivity index (χ1) is 7.67. The van der Waals surface area contributed by atoms with Crippen LogP contribution in [-0.2, 0) is 0 Å². The van der Waals surface area contributed by atoms with Crippen LogP contribution >= 0.6 is 0 Å². The van der Waals surface area contributed by atoms with E-state index >= 15 is 0 Å². The highest BCUT2D eigenvalue weighted by molar-refractivity contribution is 4.92. The van der Waals surface area contributed by atoms with Crippen molar-refractivity contribution in [2.24, 2.45) is 29.4 Å². The van der Waals surface area contributed by atoms with Crippen molar-refractivity contribution in [3.63, 3.8) is 0 Å². The molecule has 0 spiro atoms. The third-order valence-electron chi connectivity index (χ3n) is 4.58. The fourth-order valence-corrected chi connectivity index (χ4v) is 4.22. The first kappa shape index (κ1) is 12.4. The van der Waals surface area contributed by atoms with E-state index in [1.807, 2.05) is 0 Å². The van der Waals surface area contributed by atoms with E-state index < -0.39 is 0 Å². The van der Waals surface area contributed by atoms with Crippen LogP contribution in [0.4, 0.5) is 0 Å². The Kier molecular flexibility index (Phi) is 4.26. The normalized spacial score (nSPS) is 41.4. The fourth-order valence-electron chi connectivity index (χ4n) is 4.22. The maximum absolute atomic E-state index is 8.47. The van der Waals surface area contributed by atoms with Crippen LogP contribution in [0.15, 0.2) is 0 Å². The number of hydrogen-bond donors (Lipinski definition) is 2. The van der Waals surface area contributed by atoms with E-state index in [0.717, 1.165) is 0 Å². The van der Waals surface area contributed by atoms with E-state index in [1.165, 1.54) is 23.7 Å². The summed E-state index contributed by atoms with van der Waals surface area (Å²) >= 11 is 0. The van der Waals surface area contributed by atoms with E-state index in [0.29, 0.717) is 13.0 Å². The largest absolute Gasteiger partial charge is 0.393 e. The van der Waals surface area contributed by atoms with Gasteiger partial charge in [0.1, 0.15) is 0 Å². The van der Waals surface area contributed by atoms with Crippen molar-refractivity contribution in [2.45, 2.75) is 58.0 Å². The molecular weight excluding hydrogens is 198 g/mol. The van der Waals surface area contributed by atoms with E-state index in [9.17, 15) is 0 Å². The quantitative estimate of drug-likeness (QED) is 0.758. The SMILES string of the molecule is C1C2CC3CC1CC(C2)C3.CC(O)CCN. The van der Waals surface area contributed by atoms with Gasteiger partial charge in [-0.25, -0.2) is 0 Å². The monoisotopic (exact) mass is 225 g/mol. The van der Waals surface area contributed by atoms with Gasteiger partial charge in [0.25, 0.3) is 0 Å². The molecule has 1 unspecified atom stereocenters. The smallest absolute Gasteiger partial charge is 0.0524 e. The molecule has 4 rings (SSSR count). The molecule has 2 nitrogen and oxygen atoms in total. The summed E-state index contributed by atoms with van der Waals surface area (Å²) in [6.45, 7) is 2.31. The highest BCUT2D eigenvalue weighted by Gasteiger charge is 2.41. The van der Waals surface area contributed by atoms with Crippen LogP contribution in [0.2, 0.25) is 0 Å². The summed E-state index contributed by atoms with van der Waals surface area (Å²) in [7, 11) is 0. The van der Waals surface area contributed by atoms with Crippen molar-refractivity contribution >= 4 is 0 Å². The lowest BCUT2D eigenvalue weighted by molar-refractivity contribution is 0.0198. The number of aliphatic hydroxyl groups excluding tert-OH is 1. The predicted octanol–water partition coefficient (Wildman–Crippen LogP) is 2.55. The second kappa shape index (κ2) is 5.50. The van der Waals surface area contributed by atoms with Crippen molar-refractivity contribution in [3.05, 3.63) is 0 Å². The zero-order chi connectivity index (χ0) is 11.5. The maximum atomic E-state index is 8.47. The maximum Gasteiger partial charge on any atom is 0.0524 e. The van der Waals surface area contributed by atoms with Gasteiger partial charge in [-0.3, -0.25) is 0 Å². The average Bonchev–Trinajstić information content (AvgIpc) is 2.15. The first-order valence-electron chi connectivity index (χ1n) is 7.05. The third kappa shape index (κ3) is 3.21. The van der Waals surface area contributed by atoms with E-state index in [-0.39, 0.29) is 6.10 Å². The van der Waals surface area contributed by atoms with Crippen LogP contribution in [0.1, 0.15) is 51.9 Å². The molecule has 1 atom stereocenters. The first-order valence-corrected chi connectivity index (χ1v) is 7.05. The van der Waals surface area contributed by atoms with Crippen LogP contribution in [0.3, 0.4) is 0 Å². The summed E-state index contributed by atoms with van der Waals surface area (Å²) in [5, 5.41) is 8.47. The van der Waals surface area contributed by atoms with E-state index in [1.54, 1.807) is 45.4 Å². The lowest BCUT2D eigenvalue weighted by Crippen LogP contribution is -2.38. The lowest BCUT2D eigenvalue weighted by atomic mass is 9.56.